The number of nitrogens with zero attached hydrogens (tertiary/aromatic N) is 2. The summed E-state index contributed by atoms with van der Waals surface area (Å²) in [6, 6.07) is 3.21. The van der Waals surface area contributed by atoms with Crippen molar-refractivity contribution in [2.24, 2.45) is 0 Å². The minimum absolute atomic E-state index is 0.123. The fraction of sp³-hybridized carbons (Fsp3) is 0.222. The van der Waals surface area contributed by atoms with Gasteiger partial charge in [0.2, 0.25) is 0 Å². The molecule has 0 atom stereocenters. The zero-order valence-corrected chi connectivity index (χ0v) is 7.84. The molecule has 78 valence electrons. The Kier molecular flexibility index (Phi) is 2.34. The Morgan fingerprint density at radius 2 is 2.00 bits per heavy atom. The molecule has 0 saturated carbocycles. The number of hydrogen-bond donors (Lipinski definition) is 1. The highest BCUT2D eigenvalue weighted by molar-refractivity contribution is 6.17. The number of carbonyl (C=O) groups is 2. The van der Waals surface area contributed by atoms with Crippen LogP contribution in [0.25, 0.3) is 0 Å². The van der Waals surface area contributed by atoms with Gasteiger partial charge in [0.1, 0.15) is 13.2 Å². The molecule has 15 heavy (non-hydrogen) atoms. The van der Waals surface area contributed by atoms with Crippen LogP contribution in [0.2, 0.25) is 0 Å². The summed E-state index contributed by atoms with van der Waals surface area (Å²) in [4.78, 5) is 27.7. The van der Waals surface area contributed by atoms with Crippen LogP contribution in [-0.4, -0.2) is 30.0 Å². The van der Waals surface area contributed by atoms with Crippen molar-refractivity contribution in [3.8, 4) is 0 Å². The minimum atomic E-state index is -0.448. The van der Waals surface area contributed by atoms with Crippen LogP contribution in [0.5, 0.6) is 0 Å². The van der Waals surface area contributed by atoms with Gasteiger partial charge in [-0.25, -0.2) is 9.88 Å². The number of nitrogens with two attached hydrogens (primary N) is 1. The van der Waals surface area contributed by atoms with Crippen molar-refractivity contribution in [3.63, 3.8) is 0 Å². The van der Waals surface area contributed by atoms with E-state index in [1.54, 1.807) is 12.1 Å². The van der Waals surface area contributed by atoms with Gasteiger partial charge in [0.05, 0.1) is 5.69 Å². The highest BCUT2D eigenvalue weighted by Gasteiger charge is 2.30. The molecule has 1 fully saturated rings. The molecule has 0 aliphatic carbocycles. The molecule has 6 nitrogen and oxygen atoms in total. The van der Waals surface area contributed by atoms with Crippen molar-refractivity contribution in [3.05, 3.63) is 18.3 Å². The van der Waals surface area contributed by atoms with Crippen LogP contribution in [0.4, 0.5) is 11.5 Å². The number of hydrogen-bond acceptors (Lipinski definition) is 5. The van der Waals surface area contributed by atoms with Crippen LogP contribution in [0.15, 0.2) is 18.3 Å². The van der Waals surface area contributed by atoms with E-state index >= 15 is 0 Å². The summed E-state index contributed by atoms with van der Waals surface area (Å²) in [5.74, 6) is -0.718. The third-order valence-electron chi connectivity index (χ3n) is 1.98. The van der Waals surface area contributed by atoms with Crippen molar-refractivity contribution in [1.29, 1.82) is 0 Å². The molecule has 1 saturated heterocycles. The van der Waals surface area contributed by atoms with Gasteiger partial charge < -0.3 is 10.5 Å². The number of carbonyl (C=O) groups excluding carboxylic acids is 2. The predicted octanol–water partition coefficient (Wildman–Crippen LogP) is -0.446. The summed E-state index contributed by atoms with van der Waals surface area (Å²) in [6.07, 6.45) is 1.47. The lowest BCUT2D eigenvalue weighted by molar-refractivity contribution is -0.138. The maximum Gasteiger partial charge on any atom is 0.261 e. The monoisotopic (exact) mass is 207 g/mol. The molecule has 0 unspecified atom stereocenters. The van der Waals surface area contributed by atoms with Crippen molar-refractivity contribution < 1.29 is 14.3 Å². The third kappa shape index (κ3) is 1.66. The summed E-state index contributed by atoms with van der Waals surface area (Å²) in [6.45, 7) is -0.247. The van der Waals surface area contributed by atoms with Crippen LogP contribution in [0.3, 0.4) is 0 Å². The number of amides is 2. The van der Waals surface area contributed by atoms with Gasteiger partial charge in [0, 0.05) is 6.20 Å². The number of ether oxygens (including phenoxy) is 1. The molecule has 1 aliphatic rings. The second-order valence-corrected chi connectivity index (χ2v) is 3.03. The SMILES string of the molecule is Nc1cccnc1N1C(=O)COCC1=O. The molecule has 0 aromatic carbocycles. The van der Waals surface area contributed by atoms with Crippen molar-refractivity contribution in [2.75, 3.05) is 23.8 Å². The number of morpholine rings is 1. The van der Waals surface area contributed by atoms with E-state index < -0.39 is 11.8 Å². The van der Waals surface area contributed by atoms with Gasteiger partial charge >= 0.3 is 0 Å². The first-order valence-electron chi connectivity index (χ1n) is 4.34. The van der Waals surface area contributed by atoms with Crippen LogP contribution in [-0.2, 0) is 14.3 Å². The Balaban J connectivity index is 2.40. The molecule has 6 heteroatoms. The Morgan fingerprint density at radius 3 is 2.60 bits per heavy atom. The second kappa shape index (κ2) is 3.66. The zero-order valence-electron chi connectivity index (χ0n) is 7.84. The lowest BCUT2D eigenvalue weighted by Crippen LogP contribution is -2.47. The fourth-order valence-corrected chi connectivity index (χ4v) is 1.33. The number of anilines is 2. The zero-order chi connectivity index (χ0) is 10.8. The lowest BCUT2D eigenvalue weighted by Gasteiger charge is -2.24. The minimum Gasteiger partial charge on any atom is -0.396 e. The molecule has 1 aromatic heterocycles. The maximum absolute atomic E-state index is 11.4. The van der Waals surface area contributed by atoms with E-state index in [-0.39, 0.29) is 19.0 Å². The van der Waals surface area contributed by atoms with Crippen molar-refractivity contribution >= 4 is 23.3 Å². The van der Waals surface area contributed by atoms with Crippen LogP contribution in [0.1, 0.15) is 0 Å². The normalized spacial score (nSPS) is 16.9. The Labute approximate surface area is 85.6 Å². The van der Waals surface area contributed by atoms with E-state index in [1.165, 1.54) is 6.20 Å². The Bertz CT molecular complexity index is 403. The van der Waals surface area contributed by atoms with E-state index in [9.17, 15) is 9.59 Å². The highest BCUT2D eigenvalue weighted by Crippen LogP contribution is 2.20. The van der Waals surface area contributed by atoms with Gasteiger partial charge in [-0.05, 0) is 12.1 Å². The Hall–Kier alpha value is -1.95. The number of imide groups is 1. The van der Waals surface area contributed by atoms with E-state index in [2.05, 4.69) is 4.98 Å². The molecule has 1 aliphatic heterocycles. The Morgan fingerprint density at radius 1 is 1.33 bits per heavy atom. The van der Waals surface area contributed by atoms with Gasteiger partial charge in [0.25, 0.3) is 11.8 Å². The molecule has 0 bridgehead atoms. The number of pyridine rings is 1. The highest BCUT2D eigenvalue weighted by atomic mass is 16.5. The average Bonchev–Trinajstić information content (AvgIpc) is 2.20. The second-order valence-electron chi connectivity index (χ2n) is 3.03. The standard InChI is InChI=1S/C9H9N3O3/c10-6-2-1-3-11-9(6)12-7(13)4-15-5-8(12)14/h1-3H,4-5,10H2. The molecule has 2 N–H and O–H groups in total. The molecule has 0 spiro atoms. The van der Waals surface area contributed by atoms with Crippen LogP contribution >= 0.6 is 0 Å². The molecule has 2 heterocycles. The molecular formula is C9H9N3O3. The summed E-state index contributed by atoms with van der Waals surface area (Å²) in [5.41, 5.74) is 5.92. The summed E-state index contributed by atoms with van der Waals surface area (Å²) < 4.78 is 4.78. The smallest absolute Gasteiger partial charge is 0.261 e. The van der Waals surface area contributed by atoms with Crippen molar-refractivity contribution in [1.82, 2.24) is 4.98 Å². The first kappa shape index (κ1) is 9.60. The predicted molar refractivity (Wildman–Crippen MR) is 52.0 cm³/mol. The van der Waals surface area contributed by atoms with E-state index in [0.29, 0.717) is 5.69 Å². The lowest BCUT2D eigenvalue weighted by atomic mass is 10.3. The first-order chi connectivity index (χ1) is 7.20. The van der Waals surface area contributed by atoms with Gasteiger partial charge in [-0.2, -0.15) is 0 Å². The number of aromatic nitrogens is 1. The maximum atomic E-state index is 11.4. The van der Waals surface area contributed by atoms with E-state index in [0.717, 1.165) is 4.90 Å². The molecule has 2 rings (SSSR count). The number of nitrogen functional groups attached to an aromatic ring is 1. The summed E-state index contributed by atoms with van der Waals surface area (Å²) in [5, 5.41) is 0. The van der Waals surface area contributed by atoms with Crippen LogP contribution in [0, 0.1) is 0 Å². The topological polar surface area (TPSA) is 85.5 Å². The third-order valence-corrected chi connectivity index (χ3v) is 1.98. The van der Waals surface area contributed by atoms with E-state index in [4.69, 9.17) is 10.5 Å². The molecule has 2 amide bonds. The molecule has 0 radical (unpaired) electrons. The van der Waals surface area contributed by atoms with Gasteiger partial charge in [0.15, 0.2) is 5.82 Å². The summed E-state index contributed by atoms with van der Waals surface area (Å²) >= 11 is 0. The summed E-state index contributed by atoms with van der Waals surface area (Å²) in [7, 11) is 0. The van der Waals surface area contributed by atoms with E-state index in [1.807, 2.05) is 0 Å². The van der Waals surface area contributed by atoms with Crippen LogP contribution < -0.4 is 10.6 Å². The van der Waals surface area contributed by atoms with Gasteiger partial charge in [-0.1, -0.05) is 0 Å². The number of rotatable bonds is 1. The molecule has 1 aromatic rings. The first-order valence-corrected chi connectivity index (χ1v) is 4.34. The fourth-order valence-electron chi connectivity index (χ4n) is 1.33. The van der Waals surface area contributed by atoms with Crippen molar-refractivity contribution in [2.45, 2.75) is 0 Å². The van der Waals surface area contributed by atoms with Gasteiger partial charge in [-0.3, -0.25) is 9.59 Å². The quantitative estimate of drug-likeness (QED) is 0.630. The van der Waals surface area contributed by atoms with Gasteiger partial charge in [-0.15, -0.1) is 0 Å². The molecular weight excluding hydrogens is 198 g/mol. The largest absolute Gasteiger partial charge is 0.396 e. The average molecular weight is 207 g/mol.